The molecule has 0 saturated carbocycles. The minimum atomic E-state index is -0.389. The summed E-state index contributed by atoms with van der Waals surface area (Å²) in [5, 5.41) is 2.21. The molecule has 1 amide bonds. The number of carbonyl (C=O) groups is 1. The molecule has 0 aliphatic carbocycles. The molecule has 146 valence electrons. The fourth-order valence-electron chi connectivity index (χ4n) is 3.86. The normalized spacial score (nSPS) is 15.2. The number of ether oxygens (including phenoxy) is 1. The number of amides is 1. The van der Waals surface area contributed by atoms with Crippen LogP contribution in [0.3, 0.4) is 0 Å². The fraction of sp³-hybridized carbons (Fsp3) is 0.364. The first kappa shape index (κ1) is 18.5. The zero-order valence-corrected chi connectivity index (χ0v) is 16.0. The van der Waals surface area contributed by atoms with Crippen LogP contribution in [0.1, 0.15) is 29.6 Å². The summed E-state index contributed by atoms with van der Waals surface area (Å²) in [7, 11) is 0. The van der Waals surface area contributed by atoms with Crippen LogP contribution in [-0.2, 0) is 11.3 Å². The van der Waals surface area contributed by atoms with Gasteiger partial charge in [0.2, 0.25) is 5.91 Å². The first-order valence-corrected chi connectivity index (χ1v) is 9.85. The molecule has 2 heterocycles. The minimum absolute atomic E-state index is 0.315. The highest BCUT2D eigenvalue weighted by Crippen LogP contribution is 2.30. The molecule has 6 heteroatoms. The Hall–Kier alpha value is -2.86. The monoisotopic (exact) mass is 378 g/mol. The Morgan fingerprint density at radius 3 is 2.82 bits per heavy atom. The number of primary amides is 1. The Morgan fingerprint density at radius 1 is 1.21 bits per heavy atom. The second kappa shape index (κ2) is 8.44. The molecule has 0 unspecified atom stereocenters. The van der Waals surface area contributed by atoms with Crippen molar-refractivity contribution in [1.29, 1.82) is 0 Å². The van der Waals surface area contributed by atoms with E-state index in [4.69, 9.17) is 10.5 Å². The molecule has 3 aromatic rings. The van der Waals surface area contributed by atoms with Gasteiger partial charge in [0.15, 0.2) is 0 Å². The summed E-state index contributed by atoms with van der Waals surface area (Å²) >= 11 is 0. The van der Waals surface area contributed by atoms with Gasteiger partial charge in [0.1, 0.15) is 0 Å². The van der Waals surface area contributed by atoms with Crippen LogP contribution in [0.25, 0.3) is 10.8 Å². The number of nitrogens with zero attached hydrogens (tertiary/aromatic N) is 3. The van der Waals surface area contributed by atoms with Gasteiger partial charge in [-0.05, 0) is 42.8 Å². The van der Waals surface area contributed by atoms with Crippen LogP contribution in [0.15, 0.2) is 55.1 Å². The maximum absolute atomic E-state index is 11.6. The van der Waals surface area contributed by atoms with E-state index >= 15 is 0 Å². The number of rotatable bonds is 7. The summed E-state index contributed by atoms with van der Waals surface area (Å²) in [5.41, 5.74) is 7.18. The Bertz CT molecular complexity index is 931. The number of hydrogen-bond donors (Lipinski definition) is 1. The highest BCUT2D eigenvalue weighted by molar-refractivity contribution is 6.01. The molecule has 0 bridgehead atoms. The van der Waals surface area contributed by atoms with Gasteiger partial charge in [-0.2, -0.15) is 0 Å². The lowest BCUT2D eigenvalue weighted by molar-refractivity contribution is 0.0341. The first-order valence-electron chi connectivity index (χ1n) is 9.85. The second-order valence-corrected chi connectivity index (χ2v) is 7.29. The lowest BCUT2D eigenvalue weighted by atomic mass is 10.0. The topological polar surface area (TPSA) is 73.4 Å². The van der Waals surface area contributed by atoms with Crippen LogP contribution in [0, 0.1) is 0 Å². The number of imidazole rings is 1. The van der Waals surface area contributed by atoms with Gasteiger partial charge in [-0.25, -0.2) is 4.98 Å². The molecular weight excluding hydrogens is 352 g/mol. The van der Waals surface area contributed by atoms with E-state index < -0.39 is 0 Å². The average Bonchev–Trinajstić information content (AvgIpc) is 3.24. The molecule has 28 heavy (non-hydrogen) atoms. The van der Waals surface area contributed by atoms with Crippen molar-refractivity contribution in [2.45, 2.75) is 31.9 Å². The summed E-state index contributed by atoms with van der Waals surface area (Å²) in [6.45, 7) is 3.62. The molecule has 6 nitrogen and oxygen atoms in total. The van der Waals surface area contributed by atoms with Gasteiger partial charge in [0.05, 0.1) is 12.4 Å². The van der Waals surface area contributed by atoms with E-state index in [0.29, 0.717) is 11.7 Å². The molecule has 1 aliphatic rings. The highest BCUT2D eigenvalue weighted by Gasteiger charge is 2.21. The number of carbonyl (C=O) groups excluding carboxylic acids is 1. The van der Waals surface area contributed by atoms with Crippen LogP contribution in [0.4, 0.5) is 5.69 Å². The Kier molecular flexibility index (Phi) is 5.58. The third-order valence-corrected chi connectivity index (χ3v) is 5.40. The van der Waals surface area contributed by atoms with Gasteiger partial charge in [-0.3, -0.25) is 4.79 Å². The maximum Gasteiger partial charge on any atom is 0.248 e. The Labute approximate surface area is 164 Å². The van der Waals surface area contributed by atoms with Crippen molar-refractivity contribution in [1.82, 2.24) is 9.55 Å². The van der Waals surface area contributed by atoms with Crippen LogP contribution in [0.2, 0.25) is 0 Å². The zero-order chi connectivity index (χ0) is 19.3. The molecule has 1 saturated heterocycles. The van der Waals surface area contributed by atoms with E-state index in [1.165, 1.54) is 5.69 Å². The summed E-state index contributed by atoms with van der Waals surface area (Å²) in [5.74, 6) is -0.389. The first-order chi connectivity index (χ1) is 13.7. The van der Waals surface area contributed by atoms with Crippen molar-refractivity contribution >= 4 is 22.4 Å². The van der Waals surface area contributed by atoms with Crippen LogP contribution < -0.4 is 10.6 Å². The van der Waals surface area contributed by atoms with Crippen molar-refractivity contribution < 1.29 is 9.53 Å². The molecule has 1 fully saturated rings. The van der Waals surface area contributed by atoms with Gasteiger partial charge in [-0.15, -0.1) is 0 Å². The number of fused-ring (bicyclic) bond motifs is 1. The van der Waals surface area contributed by atoms with E-state index in [-0.39, 0.29) is 5.91 Å². The number of nitrogens with two attached hydrogens (primary N) is 1. The summed E-state index contributed by atoms with van der Waals surface area (Å²) < 4.78 is 8.16. The molecule has 1 aliphatic heterocycles. The lowest BCUT2D eigenvalue weighted by Crippen LogP contribution is -2.37. The number of aryl methyl sites for hydroxylation is 1. The van der Waals surface area contributed by atoms with E-state index in [9.17, 15) is 4.79 Å². The third kappa shape index (κ3) is 4.17. The van der Waals surface area contributed by atoms with Crippen LogP contribution in [-0.4, -0.2) is 41.3 Å². The maximum atomic E-state index is 11.6. The van der Waals surface area contributed by atoms with E-state index in [2.05, 4.69) is 32.7 Å². The summed E-state index contributed by atoms with van der Waals surface area (Å²) in [6.07, 6.45) is 8.95. The molecule has 0 atom stereocenters. The largest absolute Gasteiger partial charge is 0.378 e. The van der Waals surface area contributed by atoms with Gasteiger partial charge in [0.25, 0.3) is 0 Å². The number of anilines is 1. The van der Waals surface area contributed by atoms with Crippen molar-refractivity contribution in [2.75, 3.05) is 24.6 Å². The average molecular weight is 378 g/mol. The second-order valence-electron chi connectivity index (χ2n) is 7.29. The SMILES string of the molecule is NC(=O)c1ccc2cccc(N3CCC(OCCCn4ccnc4)CC3)c2c1. The van der Waals surface area contributed by atoms with Crippen molar-refractivity contribution in [2.24, 2.45) is 5.73 Å². The Morgan fingerprint density at radius 2 is 2.07 bits per heavy atom. The van der Waals surface area contributed by atoms with Crippen molar-refractivity contribution in [3.8, 4) is 0 Å². The third-order valence-electron chi connectivity index (χ3n) is 5.40. The van der Waals surface area contributed by atoms with E-state index in [0.717, 1.165) is 56.3 Å². The van der Waals surface area contributed by atoms with Crippen LogP contribution >= 0.6 is 0 Å². The smallest absolute Gasteiger partial charge is 0.248 e. The van der Waals surface area contributed by atoms with Gasteiger partial charge >= 0.3 is 0 Å². The van der Waals surface area contributed by atoms with Gasteiger partial charge in [-0.1, -0.05) is 18.2 Å². The number of aromatic nitrogens is 2. The van der Waals surface area contributed by atoms with E-state index in [1.807, 2.05) is 24.7 Å². The molecule has 1 aromatic heterocycles. The molecule has 0 spiro atoms. The standard InChI is InChI=1S/C22H26N4O2/c23-22(27)18-6-5-17-3-1-4-21(20(17)15-18)26-11-7-19(8-12-26)28-14-2-10-25-13-9-24-16-25/h1,3-6,9,13,15-16,19H,2,7-8,10-12,14H2,(H2,23,27). The van der Waals surface area contributed by atoms with Crippen molar-refractivity contribution in [3.63, 3.8) is 0 Å². The zero-order valence-electron chi connectivity index (χ0n) is 16.0. The quantitative estimate of drug-likeness (QED) is 0.641. The number of piperidine rings is 1. The van der Waals surface area contributed by atoms with Crippen LogP contribution in [0.5, 0.6) is 0 Å². The molecule has 2 N–H and O–H groups in total. The molecular formula is C22H26N4O2. The van der Waals surface area contributed by atoms with Gasteiger partial charge in [0, 0.05) is 55.3 Å². The van der Waals surface area contributed by atoms with E-state index in [1.54, 1.807) is 12.3 Å². The molecule has 2 aromatic carbocycles. The number of benzene rings is 2. The lowest BCUT2D eigenvalue weighted by Gasteiger charge is -2.34. The summed E-state index contributed by atoms with van der Waals surface area (Å²) in [6, 6.07) is 11.9. The summed E-state index contributed by atoms with van der Waals surface area (Å²) in [4.78, 5) is 18.0. The highest BCUT2D eigenvalue weighted by atomic mass is 16.5. The van der Waals surface area contributed by atoms with Gasteiger partial charge < -0.3 is 19.9 Å². The predicted octanol–water partition coefficient (Wildman–Crippen LogP) is 3.21. The molecule has 4 rings (SSSR count). The molecule has 0 radical (unpaired) electrons. The minimum Gasteiger partial charge on any atom is -0.378 e. The Balaban J connectivity index is 1.34. The van der Waals surface area contributed by atoms with Crippen molar-refractivity contribution in [3.05, 3.63) is 60.7 Å². The fourth-order valence-corrected chi connectivity index (χ4v) is 3.86. The number of hydrogen-bond acceptors (Lipinski definition) is 4. The predicted molar refractivity (Wildman–Crippen MR) is 110 cm³/mol.